The van der Waals surface area contributed by atoms with Gasteiger partial charge in [-0.25, -0.2) is 8.42 Å². The van der Waals surface area contributed by atoms with Gasteiger partial charge in [0.1, 0.15) is 17.5 Å². The Morgan fingerprint density at radius 3 is 2.62 bits per heavy atom. The summed E-state index contributed by atoms with van der Waals surface area (Å²) < 4.78 is 35.4. The fourth-order valence-electron chi connectivity index (χ4n) is 2.96. The predicted octanol–water partition coefficient (Wildman–Crippen LogP) is 1.30. The van der Waals surface area contributed by atoms with Gasteiger partial charge in [0.15, 0.2) is 0 Å². The van der Waals surface area contributed by atoms with E-state index in [2.05, 4.69) is 5.32 Å². The van der Waals surface area contributed by atoms with Gasteiger partial charge in [0.25, 0.3) is 0 Å². The van der Waals surface area contributed by atoms with E-state index in [4.69, 9.17) is 9.47 Å². The van der Waals surface area contributed by atoms with Crippen molar-refractivity contribution in [3.8, 4) is 11.5 Å². The number of methoxy groups -OCH3 is 2. The number of nitrogens with zero attached hydrogens (tertiary/aromatic N) is 1. The van der Waals surface area contributed by atoms with Gasteiger partial charge in [-0.05, 0) is 38.0 Å². The highest BCUT2D eigenvalue weighted by Crippen LogP contribution is 2.30. The number of sulfonamides is 1. The lowest BCUT2D eigenvalue weighted by Gasteiger charge is -2.24. The summed E-state index contributed by atoms with van der Waals surface area (Å²) in [4.78, 5) is 12.6. The maximum Gasteiger partial charge on any atom is 0.238 e. The molecular weight excluding hydrogens is 332 g/mol. The molecule has 0 aliphatic carbocycles. The Bertz CT molecular complexity index is 704. The minimum atomic E-state index is -3.39. The van der Waals surface area contributed by atoms with E-state index in [1.807, 2.05) is 6.92 Å². The highest BCUT2D eigenvalue weighted by Gasteiger charge is 2.37. The van der Waals surface area contributed by atoms with Crippen LogP contribution in [0.5, 0.6) is 11.5 Å². The Kier molecular flexibility index (Phi) is 5.71. The highest BCUT2D eigenvalue weighted by molar-refractivity contribution is 7.88. The van der Waals surface area contributed by atoms with Gasteiger partial charge >= 0.3 is 0 Å². The van der Waals surface area contributed by atoms with Crippen LogP contribution in [0.4, 0.5) is 0 Å². The molecule has 1 aliphatic rings. The second kappa shape index (κ2) is 7.40. The third-order valence-corrected chi connectivity index (χ3v) is 5.48. The van der Waals surface area contributed by atoms with E-state index in [1.54, 1.807) is 32.4 Å². The van der Waals surface area contributed by atoms with E-state index < -0.39 is 16.1 Å². The summed E-state index contributed by atoms with van der Waals surface area (Å²) in [6.07, 6.45) is 2.34. The number of amides is 1. The number of ether oxygens (including phenoxy) is 2. The maximum absolute atomic E-state index is 12.6. The van der Waals surface area contributed by atoms with E-state index in [0.29, 0.717) is 30.9 Å². The Morgan fingerprint density at radius 1 is 1.33 bits per heavy atom. The second-order valence-corrected chi connectivity index (χ2v) is 7.80. The van der Waals surface area contributed by atoms with Crippen LogP contribution in [0.25, 0.3) is 0 Å². The summed E-state index contributed by atoms with van der Waals surface area (Å²) in [5.41, 5.74) is 0.772. The summed E-state index contributed by atoms with van der Waals surface area (Å²) in [6.45, 7) is 2.21. The zero-order valence-corrected chi connectivity index (χ0v) is 15.2. The molecular formula is C16H24N2O5S. The summed E-state index contributed by atoms with van der Waals surface area (Å²) >= 11 is 0. The predicted molar refractivity (Wildman–Crippen MR) is 90.7 cm³/mol. The summed E-state index contributed by atoms with van der Waals surface area (Å²) in [6, 6.07) is 4.35. The second-order valence-electron chi connectivity index (χ2n) is 5.87. The van der Waals surface area contributed by atoms with Gasteiger partial charge in [0.2, 0.25) is 15.9 Å². The van der Waals surface area contributed by atoms with Crippen LogP contribution >= 0.6 is 0 Å². The zero-order valence-electron chi connectivity index (χ0n) is 14.4. The molecule has 1 fully saturated rings. The van der Waals surface area contributed by atoms with Crippen LogP contribution in [0.15, 0.2) is 18.2 Å². The molecule has 0 aromatic heterocycles. The molecule has 1 N–H and O–H groups in total. The molecule has 0 bridgehead atoms. The maximum atomic E-state index is 12.6. The average Bonchev–Trinajstić information content (AvgIpc) is 3.04. The Hall–Kier alpha value is -1.80. The molecule has 134 valence electrons. The van der Waals surface area contributed by atoms with Gasteiger partial charge in [0, 0.05) is 12.1 Å². The smallest absolute Gasteiger partial charge is 0.238 e. The number of nitrogens with one attached hydrogen (secondary N) is 1. The minimum Gasteiger partial charge on any atom is -0.497 e. The SMILES string of the molecule is COc1ccc(OC)c([C@H](C)NC(=O)[C@H]2CCCN2S(C)(=O)=O)c1. The molecule has 1 aromatic rings. The van der Waals surface area contributed by atoms with Crippen LogP contribution in [0, 0.1) is 0 Å². The number of carbonyl (C=O) groups excluding carboxylic acids is 1. The lowest BCUT2D eigenvalue weighted by atomic mass is 10.1. The first-order valence-corrected chi connectivity index (χ1v) is 9.62. The van der Waals surface area contributed by atoms with E-state index in [-0.39, 0.29) is 11.9 Å². The van der Waals surface area contributed by atoms with Crippen molar-refractivity contribution in [2.75, 3.05) is 27.0 Å². The zero-order chi connectivity index (χ0) is 17.9. The lowest BCUT2D eigenvalue weighted by Crippen LogP contribution is -2.46. The number of hydrogen-bond acceptors (Lipinski definition) is 5. The number of benzene rings is 1. The Balaban J connectivity index is 2.17. The van der Waals surface area contributed by atoms with Crippen molar-refractivity contribution >= 4 is 15.9 Å². The highest BCUT2D eigenvalue weighted by atomic mass is 32.2. The van der Waals surface area contributed by atoms with E-state index >= 15 is 0 Å². The molecule has 1 aromatic carbocycles. The molecule has 7 nitrogen and oxygen atoms in total. The van der Waals surface area contributed by atoms with E-state index in [1.165, 1.54) is 4.31 Å². The largest absolute Gasteiger partial charge is 0.497 e. The van der Waals surface area contributed by atoms with Crippen molar-refractivity contribution in [1.29, 1.82) is 0 Å². The first-order valence-electron chi connectivity index (χ1n) is 7.77. The lowest BCUT2D eigenvalue weighted by molar-refractivity contribution is -0.124. The molecule has 1 amide bonds. The fourth-order valence-corrected chi connectivity index (χ4v) is 4.09. The van der Waals surface area contributed by atoms with Crippen molar-refractivity contribution in [3.63, 3.8) is 0 Å². The molecule has 8 heteroatoms. The third kappa shape index (κ3) is 3.99. The molecule has 1 heterocycles. The van der Waals surface area contributed by atoms with Gasteiger partial charge in [-0.1, -0.05) is 0 Å². The normalized spacial score (nSPS) is 19.8. The summed E-state index contributed by atoms with van der Waals surface area (Å²) in [7, 11) is -0.268. The van der Waals surface area contributed by atoms with Crippen LogP contribution in [0.1, 0.15) is 31.4 Å². The van der Waals surface area contributed by atoms with Gasteiger partial charge in [0.05, 0.1) is 26.5 Å². The quantitative estimate of drug-likeness (QED) is 0.831. The van der Waals surface area contributed by atoms with Crippen LogP contribution in [0.3, 0.4) is 0 Å². The first-order chi connectivity index (χ1) is 11.3. The topological polar surface area (TPSA) is 84.9 Å². The Labute approximate surface area is 143 Å². The number of hydrogen-bond donors (Lipinski definition) is 1. The standard InChI is InChI=1S/C16H24N2O5S/c1-11(13-10-12(22-2)7-8-15(13)23-3)17-16(19)14-6-5-9-18(14)24(4,20)21/h7-8,10-11,14H,5-6,9H2,1-4H3,(H,17,19)/t11-,14+/m0/s1. The molecule has 2 atom stereocenters. The molecule has 0 unspecified atom stereocenters. The molecule has 1 saturated heterocycles. The monoisotopic (exact) mass is 356 g/mol. The van der Waals surface area contributed by atoms with E-state index in [9.17, 15) is 13.2 Å². The van der Waals surface area contributed by atoms with Crippen molar-refractivity contribution < 1.29 is 22.7 Å². The van der Waals surface area contributed by atoms with Gasteiger partial charge in [-0.15, -0.1) is 0 Å². The Morgan fingerprint density at radius 2 is 2.04 bits per heavy atom. The van der Waals surface area contributed by atoms with Crippen LogP contribution in [0.2, 0.25) is 0 Å². The molecule has 0 saturated carbocycles. The third-order valence-electron chi connectivity index (χ3n) is 4.19. The average molecular weight is 356 g/mol. The number of rotatable bonds is 6. The van der Waals surface area contributed by atoms with Gasteiger partial charge in [-0.3, -0.25) is 4.79 Å². The summed E-state index contributed by atoms with van der Waals surface area (Å²) in [5.74, 6) is 0.996. The molecule has 1 aliphatic heterocycles. The molecule has 24 heavy (non-hydrogen) atoms. The fraction of sp³-hybridized carbons (Fsp3) is 0.562. The van der Waals surface area contributed by atoms with Crippen LogP contribution in [-0.2, 0) is 14.8 Å². The van der Waals surface area contributed by atoms with Crippen molar-refractivity contribution in [1.82, 2.24) is 9.62 Å². The van der Waals surface area contributed by atoms with Crippen molar-refractivity contribution in [2.45, 2.75) is 31.8 Å². The first kappa shape index (κ1) is 18.5. The minimum absolute atomic E-state index is 0.296. The van der Waals surface area contributed by atoms with Crippen LogP contribution < -0.4 is 14.8 Å². The molecule has 2 rings (SSSR count). The van der Waals surface area contributed by atoms with Gasteiger partial charge in [-0.2, -0.15) is 4.31 Å². The number of carbonyl (C=O) groups is 1. The van der Waals surface area contributed by atoms with Crippen molar-refractivity contribution in [3.05, 3.63) is 23.8 Å². The van der Waals surface area contributed by atoms with E-state index in [0.717, 1.165) is 11.8 Å². The molecule has 0 radical (unpaired) electrons. The molecule has 0 spiro atoms. The van der Waals surface area contributed by atoms with Crippen LogP contribution in [-0.4, -0.2) is 51.7 Å². The van der Waals surface area contributed by atoms with Crippen molar-refractivity contribution in [2.24, 2.45) is 0 Å². The van der Waals surface area contributed by atoms with Gasteiger partial charge < -0.3 is 14.8 Å². The summed E-state index contributed by atoms with van der Waals surface area (Å²) in [5, 5.41) is 2.89.